The lowest BCUT2D eigenvalue weighted by Gasteiger charge is -2.18. The average molecular weight is 289 g/mol. The van der Waals surface area contributed by atoms with Crippen molar-refractivity contribution in [3.8, 4) is 0 Å². The summed E-state index contributed by atoms with van der Waals surface area (Å²) >= 11 is 0. The van der Waals surface area contributed by atoms with Gasteiger partial charge in [0, 0.05) is 19.2 Å². The highest BCUT2D eigenvalue weighted by Crippen LogP contribution is 2.19. The summed E-state index contributed by atoms with van der Waals surface area (Å²) in [5.41, 5.74) is 1.06. The molecule has 2 rings (SSSR count). The van der Waals surface area contributed by atoms with Crippen molar-refractivity contribution in [3.05, 3.63) is 65.7 Å². The molecule has 0 saturated heterocycles. The highest BCUT2D eigenvalue weighted by atomic mass is 32.2. The molecule has 20 heavy (non-hydrogen) atoms. The third-order valence-corrected chi connectivity index (χ3v) is 4.86. The molecule has 0 unspecified atom stereocenters. The monoisotopic (exact) mass is 289 g/mol. The normalized spacial score (nSPS) is 11.5. The molecule has 0 amide bonds. The minimum absolute atomic E-state index is 0.0356. The molecule has 0 N–H and O–H groups in total. The molecule has 0 bridgehead atoms. The zero-order valence-corrected chi connectivity index (χ0v) is 11.9. The van der Waals surface area contributed by atoms with Gasteiger partial charge in [0.2, 0.25) is 10.0 Å². The summed E-state index contributed by atoms with van der Waals surface area (Å²) in [5.74, 6) is 0. The fourth-order valence-corrected chi connectivity index (χ4v) is 3.23. The fourth-order valence-electron chi connectivity index (χ4n) is 1.91. The maximum atomic E-state index is 12.5. The van der Waals surface area contributed by atoms with Crippen LogP contribution in [-0.4, -0.2) is 26.1 Å². The first-order valence-corrected chi connectivity index (χ1v) is 7.54. The minimum atomic E-state index is -3.68. The van der Waals surface area contributed by atoms with Crippen molar-refractivity contribution in [1.82, 2.24) is 4.31 Å². The van der Waals surface area contributed by atoms with E-state index in [2.05, 4.69) is 0 Å². The second kappa shape index (κ2) is 5.98. The molecule has 0 heterocycles. The second-order valence-electron chi connectivity index (χ2n) is 4.40. The SMILES string of the molecule is CN(Cc1ccccc1)S(=O)(=O)c1ccccc1C=O. The average Bonchev–Trinajstić information content (AvgIpc) is 2.48. The van der Waals surface area contributed by atoms with E-state index in [0.29, 0.717) is 6.29 Å². The summed E-state index contributed by atoms with van der Waals surface area (Å²) in [5, 5.41) is 0. The Morgan fingerprint density at radius 1 is 1.00 bits per heavy atom. The number of carbonyl (C=O) groups excluding carboxylic acids is 1. The molecule has 104 valence electrons. The number of nitrogens with zero attached hydrogens (tertiary/aromatic N) is 1. The number of rotatable bonds is 5. The van der Waals surface area contributed by atoms with Crippen LogP contribution in [0.15, 0.2) is 59.5 Å². The molecule has 0 aliphatic heterocycles. The Bertz CT molecular complexity index is 696. The molecule has 2 aromatic rings. The summed E-state index contributed by atoms with van der Waals surface area (Å²) in [6, 6.07) is 15.5. The van der Waals surface area contributed by atoms with E-state index in [1.807, 2.05) is 30.3 Å². The molecule has 4 nitrogen and oxygen atoms in total. The minimum Gasteiger partial charge on any atom is -0.298 e. The lowest BCUT2D eigenvalue weighted by molar-refractivity contribution is 0.112. The van der Waals surface area contributed by atoms with Gasteiger partial charge in [-0.05, 0) is 11.6 Å². The zero-order chi connectivity index (χ0) is 14.6. The number of sulfonamides is 1. The van der Waals surface area contributed by atoms with E-state index >= 15 is 0 Å². The lowest BCUT2D eigenvalue weighted by Crippen LogP contribution is -2.27. The van der Waals surface area contributed by atoms with Crippen molar-refractivity contribution >= 4 is 16.3 Å². The highest BCUT2D eigenvalue weighted by molar-refractivity contribution is 7.89. The smallest absolute Gasteiger partial charge is 0.243 e. The van der Waals surface area contributed by atoms with Crippen LogP contribution < -0.4 is 0 Å². The summed E-state index contributed by atoms with van der Waals surface area (Å²) in [6.45, 7) is 0.260. The van der Waals surface area contributed by atoms with Gasteiger partial charge in [-0.1, -0.05) is 48.5 Å². The van der Waals surface area contributed by atoms with Crippen LogP contribution in [0.2, 0.25) is 0 Å². The van der Waals surface area contributed by atoms with Crippen LogP contribution in [0.4, 0.5) is 0 Å². The van der Waals surface area contributed by atoms with Crippen LogP contribution in [0.3, 0.4) is 0 Å². The lowest BCUT2D eigenvalue weighted by atomic mass is 10.2. The molecule has 0 saturated carbocycles. The van der Waals surface area contributed by atoms with E-state index in [0.717, 1.165) is 5.56 Å². The van der Waals surface area contributed by atoms with Gasteiger partial charge in [-0.25, -0.2) is 8.42 Å². The number of carbonyl (C=O) groups is 1. The van der Waals surface area contributed by atoms with Crippen molar-refractivity contribution in [1.29, 1.82) is 0 Å². The number of hydrogen-bond donors (Lipinski definition) is 0. The van der Waals surface area contributed by atoms with Gasteiger partial charge in [0.25, 0.3) is 0 Å². The zero-order valence-electron chi connectivity index (χ0n) is 11.1. The van der Waals surface area contributed by atoms with Crippen LogP contribution in [0.25, 0.3) is 0 Å². The third-order valence-electron chi connectivity index (χ3n) is 2.98. The van der Waals surface area contributed by atoms with Crippen molar-refractivity contribution in [2.75, 3.05) is 7.05 Å². The topological polar surface area (TPSA) is 54.5 Å². The van der Waals surface area contributed by atoms with Crippen LogP contribution in [0, 0.1) is 0 Å². The third kappa shape index (κ3) is 2.95. The molecule has 0 aromatic heterocycles. The van der Waals surface area contributed by atoms with Crippen molar-refractivity contribution in [2.24, 2.45) is 0 Å². The second-order valence-corrected chi connectivity index (χ2v) is 6.42. The largest absolute Gasteiger partial charge is 0.298 e. The summed E-state index contributed by atoms with van der Waals surface area (Å²) < 4.78 is 26.2. The molecule has 0 atom stereocenters. The Kier molecular flexibility index (Phi) is 4.32. The van der Waals surface area contributed by atoms with Gasteiger partial charge in [0.15, 0.2) is 6.29 Å². The Morgan fingerprint density at radius 3 is 2.25 bits per heavy atom. The Hall–Kier alpha value is -1.98. The number of aldehydes is 1. The first kappa shape index (κ1) is 14.4. The molecule has 0 radical (unpaired) electrons. The maximum absolute atomic E-state index is 12.5. The van der Waals surface area contributed by atoms with Crippen LogP contribution in [0.5, 0.6) is 0 Å². The summed E-state index contributed by atoms with van der Waals surface area (Å²) in [6.07, 6.45) is 0.559. The molecule has 0 aliphatic rings. The number of hydrogen-bond acceptors (Lipinski definition) is 3. The molecule has 0 spiro atoms. The van der Waals surface area contributed by atoms with Gasteiger partial charge in [-0.3, -0.25) is 4.79 Å². The van der Waals surface area contributed by atoms with E-state index in [9.17, 15) is 13.2 Å². The van der Waals surface area contributed by atoms with Crippen molar-refractivity contribution < 1.29 is 13.2 Å². The number of benzene rings is 2. The predicted molar refractivity (Wildman–Crippen MR) is 76.9 cm³/mol. The molecule has 0 aliphatic carbocycles. The van der Waals surface area contributed by atoms with E-state index in [-0.39, 0.29) is 17.0 Å². The highest BCUT2D eigenvalue weighted by Gasteiger charge is 2.23. The van der Waals surface area contributed by atoms with E-state index in [1.165, 1.54) is 23.5 Å². The Labute approximate surface area is 118 Å². The van der Waals surface area contributed by atoms with Crippen molar-refractivity contribution in [3.63, 3.8) is 0 Å². The van der Waals surface area contributed by atoms with Gasteiger partial charge in [-0.15, -0.1) is 0 Å². The van der Waals surface area contributed by atoms with E-state index in [1.54, 1.807) is 12.1 Å². The van der Waals surface area contributed by atoms with E-state index in [4.69, 9.17) is 0 Å². The van der Waals surface area contributed by atoms with Gasteiger partial charge in [-0.2, -0.15) is 4.31 Å². The fraction of sp³-hybridized carbons (Fsp3) is 0.133. The van der Waals surface area contributed by atoms with Crippen molar-refractivity contribution in [2.45, 2.75) is 11.4 Å². The molecule has 0 fully saturated rings. The van der Waals surface area contributed by atoms with Crippen LogP contribution in [-0.2, 0) is 16.6 Å². The van der Waals surface area contributed by atoms with Gasteiger partial charge >= 0.3 is 0 Å². The summed E-state index contributed by atoms with van der Waals surface area (Å²) in [7, 11) is -2.17. The summed E-state index contributed by atoms with van der Waals surface area (Å²) in [4.78, 5) is 11.0. The predicted octanol–water partition coefficient (Wildman–Crippen LogP) is 2.32. The molecule has 5 heteroatoms. The Balaban J connectivity index is 2.32. The quantitative estimate of drug-likeness (QED) is 0.794. The van der Waals surface area contributed by atoms with Crippen LogP contribution >= 0.6 is 0 Å². The van der Waals surface area contributed by atoms with Gasteiger partial charge in [0.1, 0.15) is 0 Å². The van der Waals surface area contributed by atoms with E-state index < -0.39 is 10.0 Å². The molecule has 2 aromatic carbocycles. The first-order chi connectivity index (χ1) is 9.55. The molecular weight excluding hydrogens is 274 g/mol. The van der Waals surface area contributed by atoms with Gasteiger partial charge < -0.3 is 0 Å². The van der Waals surface area contributed by atoms with Crippen LogP contribution in [0.1, 0.15) is 15.9 Å². The maximum Gasteiger partial charge on any atom is 0.243 e. The molecular formula is C15H15NO3S. The Morgan fingerprint density at radius 2 is 1.60 bits per heavy atom. The first-order valence-electron chi connectivity index (χ1n) is 6.10. The standard InChI is InChI=1S/C15H15NO3S/c1-16(11-13-7-3-2-4-8-13)20(18,19)15-10-6-5-9-14(15)12-17/h2-10,12H,11H2,1H3. The van der Waals surface area contributed by atoms with Gasteiger partial charge in [0.05, 0.1) is 4.90 Å².